The number of unbranched alkanes of at least 4 members (excludes halogenated alkanes) is 1. The van der Waals surface area contributed by atoms with E-state index in [4.69, 9.17) is 0 Å². The molecule has 2 unspecified atom stereocenters. The molecule has 0 saturated carbocycles. The standard InChI is InChI=1S/C21H33N3O/c1-4-6-11-22(5-2)19-9-7-18(8-10-19)21(25)24-13-12-23-15-17(3)14-20(23)16-24/h7-10,17,20H,4-6,11-16H2,1-3H3. The normalized spacial score (nSPS) is 23.6. The molecule has 1 aromatic rings. The fourth-order valence-corrected chi connectivity index (χ4v) is 4.30. The van der Waals surface area contributed by atoms with E-state index in [2.05, 4.69) is 47.6 Å². The number of hydrogen-bond acceptors (Lipinski definition) is 3. The number of benzene rings is 1. The van der Waals surface area contributed by atoms with Crippen molar-refractivity contribution in [1.82, 2.24) is 9.80 Å². The summed E-state index contributed by atoms with van der Waals surface area (Å²) in [5.41, 5.74) is 2.05. The Labute approximate surface area is 152 Å². The van der Waals surface area contributed by atoms with E-state index in [1.807, 2.05) is 12.1 Å². The third-order valence-corrected chi connectivity index (χ3v) is 5.76. The minimum atomic E-state index is 0.197. The molecule has 0 bridgehead atoms. The molecular weight excluding hydrogens is 310 g/mol. The van der Waals surface area contributed by atoms with E-state index in [0.717, 1.165) is 44.2 Å². The van der Waals surface area contributed by atoms with Crippen LogP contribution in [0.3, 0.4) is 0 Å². The second-order valence-electron chi connectivity index (χ2n) is 7.72. The van der Waals surface area contributed by atoms with Crippen LogP contribution in [-0.4, -0.2) is 61.0 Å². The summed E-state index contributed by atoms with van der Waals surface area (Å²) in [6.07, 6.45) is 3.64. The number of nitrogens with zero attached hydrogens (tertiary/aromatic N) is 3. The molecule has 2 atom stereocenters. The lowest BCUT2D eigenvalue weighted by Crippen LogP contribution is -2.52. The number of hydrogen-bond donors (Lipinski definition) is 0. The Morgan fingerprint density at radius 2 is 1.92 bits per heavy atom. The van der Waals surface area contributed by atoms with Gasteiger partial charge in [0, 0.05) is 56.6 Å². The van der Waals surface area contributed by atoms with Gasteiger partial charge in [0.05, 0.1) is 0 Å². The summed E-state index contributed by atoms with van der Waals surface area (Å²) < 4.78 is 0. The second-order valence-corrected chi connectivity index (χ2v) is 7.72. The Bertz CT molecular complexity index is 571. The molecule has 138 valence electrons. The molecule has 2 aliphatic heterocycles. The number of anilines is 1. The van der Waals surface area contributed by atoms with Crippen molar-refractivity contribution in [3.63, 3.8) is 0 Å². The van der Waals surface area contributed by atoms with Crippen LogP contribution in [0.15, 0.2) is 24.3 Å². The van der Waals surface area contributed by atoms with Crippen molar-refractivity contribution in [2.45, 2.75) is 46.1 Å². The number of piperazine rings is 1. The first-order valence-corrected chi connectivity index (χ1v) is 10.0. The van der Waals surface area contributed by atoms with Crippen molar-refractivity contribution < 1.29 is 4.79 Å². The van der Waals surface area contributed by atoms with E-state index in [9.17, 15) is 4.79 Å². The zero-order valence-electron chi connectivity index (χ0n) is 16.1. The van der Waals surface area contributed by atoms with Gasteiger partial charge in [0.2, 0.25) is 0 Å². The largest absolute Gasteiger partial charge is 0.372 e. The summed E-state index contributed by atoms with van der Waals surface area (Å²) in [7, 11) is 0. The predicted molar refractivity (Wildman–Crippen MR) is 104 cm³/mol. The summed E-state index contributed by atoms with van der Waals surface area (Å²) in [4.78, 5) is 19.9. The first-order valence-electron chi connectivity index (χ1n) is 10.0. The smallest absolute Gasteiger partial charge is 0.253 e. The Balaban J connectivity index is 1.62. The predicted octanol–water partition coefficient (Wildman–Crippen LogP) is 3.48. The van der Waals surface area contributed by atoms with Crippen LogP contribution in [0.4, 0.5) is 5.69 Å². The van der Waals surface area contributed by atoms with Gasteiger partial charge in [-0.3, -0.25) is 9.69 Å². The van der Waals surface area contributed by atoms with E-state index in [1.54, 1.807) is 0 Å². The van der Waals surface area contributed by atoms with Crippen molar-refractivity contribution >= 4 is 11.6 Å². The molecule has 0 N–H and O–H groups in total. The summed E-state index contributed by atoms with van der Waals surface area (Å²) in [5, 5.41) is 0. The average molecular weight is 344 g/mol. The Morgan fingerprint density at radius 1 is 1.16 bits per heavy atom. The highest BCUT2D eigenvalue weighted by molar-refractivity contribution is 5.94. The van der Waals surface area contributed by atoms with Crippen LogP contribution in [0.1, 0.15) is 50.4 Å². The quantitative estimate of drug-likeness (QED) is 0.791. The number of rotatable bonds is 6. The maximum atomic E-state index is 12.9. The van der Waals surface area contributed by atoms with Crippen molar-refractivity contribution in [3.05, 3.63) is 29.8 Å². The first kappa shape index (κ1) is 18.2. The topological polar surface area (TPSA) is 26.8 Å². The Morgan fingerprint density at radius 3 is 2.60 bits per heavy atom. The van der Waals surface area contributed by atoms with Crippen molar-refractivity contribution in [1.29, 1.82) is 0 Å². The van der Waals surface area contributed by atoms with Gasteiger partial charge >= 0.3 is 0 Å². The lowest BCUT2D eigenvalue weighted by Gasteiger charge is -2.37. The van der Waals surface area contributed by atoms with Crippen molar-refractivity contribution in [2.75, 3.05) is 44.2 Å². The highest BCUT2D eigenvalue weighted by Crippen LogP contribution is 2.27. The van der Waals surface area contributed by atoms with Crippen LogP contribution >= 0.6 is 0 Å². The van der Waals surface area contributed by atoms with Crippen LogP contribution in [0, 0.1) is 5.92 Å². The number of amides is 1. The van der Waals surface area contributed by atoms with Gasteiger partial charge in [-0.15, -0.1) is 0 Å². The molecule has 0 aliphatic carbocycles. The Hall–Kier alpha value is -1.55. The van der Waals surface area contributed by atoms with Gasteiger partial charge in [0.25, 0.3) is 5.91 Å². The monoisotopic (exact) mass is 343 g/mol. The minimum absolute atomic E-state index is 0.197. The molecule has 25 heavy (non-hydrogen) atoms. The van der Waals surface area contributed by atoms with Gasteiger partial charge in [0.15, 0.2) is 0 Å². The second kappa shape index (κ2) is 8.22. The van der Waals surface area contributed by atoms with E-state index >= 15 is 0 Å². The maximum absolute atomic E-state index is 12.9. The zero-order valence-corrected chi connectivity index (χ0v) is 16.1. The Kier molecular flexibility index (Phi) is 6.00. The molecule has 0 spiro atoms. The van der Waals surface area contributed by atoms with Crippen LogP contribution < -0.4 is 4.90 Å². The molecule has 4 nitrogen and oxygen atoms in total. The molecule has 1 aromatic carbocycles. The molecule has 2 heterocycles. The molecule has 2 aliphatic rings. The third-order valence-electron chi connectivity index (χ3n) is 5.76. The van der Waals surface area contributed by atoms with E-state index < -0.39 is 0 Å². The van der Waals surface area contributed by atoms with Crippen LogP contribution in [0.5, 0.6) is 0 Å². The molecule has 0 aromatic heterocycles. The number of fused-ring (bicyclic) bond motifs is 1. The fourth-order valence-electron chi connectivity index (χ4n) is 4.30. The lowest BCUT2D eigenvalue weighted by atomic mass is 10.1. The zero-order chi connectivity index (χ0) is 17.8. The van der Waals surface area contributed by atoms with E-state index in [0.29, 0.717) is 6.04 Å². The summed E-state index contributed by atoms with van der Waals surface area (Å²) in [5.74, 6) is 0.963. The number of carbonyl (C=O) groups is 1. The van der Waals surface area contributed by atoms with Crippen molar-refractivity contribution in [3.8, 4) is 0 Å². The lowest BCUT2D eigenvalue weighted by molar-refractivity contribution is 0.0571. The van der Waals surface area contributed by atoms with Gasteiger partial charge < -0.3 is 9.80 Å². The fraction of sp³-hybridized carbons (Fsp3) is 0.667. The summed E-state index contributed by atoms with van der Waals surface area (Å²) in [6, 6.07) is 8.81. The minimum Gasteiger partial charge on any atom is -0.372 e. The van der Waals surface area contributed by atoms with Crippen LogP contribution in [0.25, 0.3) is 0 Å². The molecule has 1 amide bonds. The first-order chi connectivity index (χ1) is 12.1. The average Bonchev–Trinajstić information content (AvgIpc) is 3.01. The summed E-state index contributed by atoms with van der Waals surface area (Å²) >= 11 is 0. The van der Waals surface area contributed by atoms with Crippen molar-refractivity contribution in [2.24, 2.45) is 5.92 Å². The van der Waals surface area contributed by atoms with E-state index in [1.165, 1.54) is 31.5 Å². The number of carbonyl (C=O) groups excluding carboxylic acids is 1. The SMILES string of the molecule is CCCCN(CC)c1ccc(C(=O)N2CCN3CC(C)CC3C2)cc1. The molecule has 3 rings (SSSR count). The van der Waals surface area contributed by atoms with Gasteiger partial charge in [-0.2, -0.15) is 0 Å². The van der Waals surface area contributed by atoms with E-state index in [-0.39, 0.29) is 5.91 Å². The van der Waals surface area contributed by atoms with Gasteiger partial charge in [-0.25, -0.2) is 0 Å². The van der Waals surface area contributed by atoms with Gasteiger partial charge in [-0.1, -0.05) is 20.3 Å². The van der Waals surface area contributed by atoms with Crippen LogP contribution in [-0.2, 0) is 0 Å². The van der Waals surface area contributed by atoms with Gasteiger partial charge in [-0.05, 0) is 49.9 Å². The highest BCUT2D eigenvalue weighted by Gasteiger charge is 2.35. The third kappa shape index (κ3) is 4.17. The molecular formula is C21H33N3O. The van der Waals surface area contributed by atoms with Gasteiger partial charge in [0.1, 0.15) is 0 Å². The van der Waals surface area contributed by atoms with Crippen LogP contribution in [0.2, 0.25) is 0 Å². The maximum Gasteiger partial charge on any atom is 0.253 e. The molecule has 4 heteroatoms. The molecule has 2 fully saturated rings. The molecule has 2 saturated heterocycles. The molecule has 0 radical (unpaired) electrons. The highest BCUT2D eigenvalue weighted by atomic mass is 16.2. The summed E-state index contributed by atoms with van der Waals surface area (Å²) in [6.45, 7) is 12.8.